The van der Waals surface area contributed by atoms with Crippen LogP contribution in [0, 0.1) is 11.7 Å². The largest absolute Gasteiger partial charge is 0.378 e. The number of hydrogen-bond donors (Lipinski definition) is 1. The first-order valence-corrected chi connectivity index (χ1v) is 14.7. The first kappa shape index (κ1) is 27.3. The molecule has 0 spiro atoms. The molecule has 1 aromatic carbocycles. The summed E-state index contributed by atoms with van der Waals surface area (Å²) in [5, 5.41) is 8.14. The minimum atomic E-state index is -4.06. The zero-order chi connectivity index (χ0) is 26.8. The van der Waals surface area contributed by atoms with Crippen molar-refractivity contribution in [2.75, 3.05) is 37.7 Å². The fourth-order valence-corrected chi connectivity index (χ4v) is 7.32. The molecule has 0 amide bonds. The predicted octanol–water partition coefficient (Wildman–Crippen LogP) is 3.73. The van der Waals surface area contributed by atoms with Crippen molar-refractivity contribution < 1.29 is 26.3 Å². The molecule has 3 aliphatic rings. The quantitative estimate of drug-likeness (QED) is 0.536. The number of alkyl halides is 2. The maximum atomic E-state index is 13.7. The molecule has 0 unspecified atom stereocenters. The minimum Gasteiger partial charge on any atom is -0.378 e. The van der Waals surface area contributed by atoms with Crippen molar-refractivity contribution >= 4 is 16.0 Å². The molecule has 1 N–H and O–H groups in total. The van der Waals surface area contributed by atoms with Crippen LogP contribution in [0.3, 0.4) is 0 Å². The van der Waals surface area contributed by atoms with E-state index >= 15 is 0 Å². The summed E-state index contributed by atoms with van der Waals surface area (Å²) in [6.45, 7) is 0.389. The Bertz CT molecular complexity index is 1180. The third kappa shape index (κ3) is 6.64. The third-order valence-corrected chi connectivity index (χ3v) is 9.52. The molecule has 1 aromatic heterocycles. The summed E-state index contributed by atoms with van der Waals surface area (Å²) < 4.78 is 76.9. The molecule has 8 nitrogen and oxygen atoms in total. The predicted molar refractivity (Wildman–Crippen MR) is 137 cm³/mol. The molecule has 2 aromatic rings. The normalized spacial score (nSPS) is 28.4. The second kappa shape index (κ2) is 11.4. The van der Waals surface area contributed by atoms with Crippen LogP contribution in [0.15, 0.2) is 42.6 Å². The van der Waals surface area contributed by atoms with Gasteiger partial charge in [0.15, 0.2) is 5.82 Å². The van der Waals surface area contributed by atoms with Crippen molar-refractivity contribution in [2.45, 2.75) is 62.5 Å². The van der Waals surface area contributed by atoms with Gasteiger partial charge in [0, 0.05) is 44.2 Å². The number of piperidine rings is 1. The summed E-state index contributed by atoms with van der Waals surface area (Å²) in [4.78, 5) is 2.05. The van der Waals surface area contributed by atoms with Crippen LogP contribution in [-0.2, 0) is 14.9 Å². The van der Waals surface area contributed by atoms with Crippen LogP contribution in [0.1, 0.15) is 50.0 Å². The van der Waals surface area contributed by atoms with Crippen LogP contribution in [0.2, 0.25) is 0 Å². The fourth-order valence-electron chi connectivity index (χ4n) is 5.78. The van der Waals surface area contributed by atoms with Crippen molar-refractivity contribution in [3.8, 4) is 0 Å². The lowest BCUT2D eigenvalue weighted by atomic mass is 9.82. The molecule has 1 aliphatic carbocycles. The smallest absolute Gasteiger partial charge is 0.279 e. The fraction of sp³-hybridized carbons (Fsp3) is 0.615. The van der Waals surface area contributed by atoms with Crippen LogP contribution in [0.25, 0.3) is 0 Å². The zero-order valence-electron chi connectivity index (χ0n) is 21.2. The topological polar surface area (TPSA) is 87.7 Å². The lowest BCUT2D eigenvalue weighted by molar-refractivity contribution is -0.00240. The molecular weight excluding hydrogens is 519 g/mol. The Kier molecular flexibility index (Phi) is 8.22. The van der Waals surface area contributed by atoms with Gasteiger partial charge in [-0.1, -0.05) is 12.1 Å². The minimum absolute atomic E-state index is 0.0289. The molecule has 0 radical (unpaired) electrons. The molecular formula is C26H34F3N5O3S. The van der Waals surface area contributed by atoms with Crippen LogP contribution in [0.4, 0.5) is 19.0 Å². The van der Waals surface area contributed by atoms with Gasteiger partial charge in [-0.05, 0) is 67.9 Å². The van der Waals surface area contributed by atoms with Gasteiger partial charge >= 0.3 is 0 Å². The van der Waals surface area contributed by atoms with Crippen molar-refractivity contribution in [3.63, 3.8) is 0 Å². The van der Waals surface area contributed by atoms with Crippen LogP contribution < -0.4 is 9.62 Å². The van der Waals surface area contributed by atoms with E-state index in [2.05, 4.69) is 19.8 Å². The van der Waals surface area contributed by atoms with Gasteiger partial charge in [0.2, 0.25) is 0 Å². The molecule has 1 saturated carbocycles. The molecule has 2 atom stereocenters. The van der Waals surface area contributed by atoms with Gasteiger partial charge < -0.3 is 9.64 Å². The SMILES string of the molecule is O=S(=O)(N[C@H]1CCN(c2cccnn2)C[C@H]1CO[C@H]1CC[C@@H](c2cccc(F)c2)CC1)N1CCC(F)(F)C1. The Morgan fingerprint density at radius 1 is 1.08 bits per heavy atom. The summed E-state index contributed by atoms with van der Waals surface area (Å²) in [5.74, 6) is -2.43. The van der Waals surface area contributed by atoms with E-state index in [-0.39, 0.29) is 24.4 Å². The Labute approximate surface area is 221 Å². The van der Waals surface area contributed by atoms with Gasteiger partial charge in [-0.15, -0.1) is 5.10 Å². The van der Waals surface area contributed by atoms with E-state index in [0.29, 0.717) is 37.9 Å². The molecule has 2 saturated heterocycles. The van der Waals surface area contributed by atoms with E-state index in [9.17, 15) is 21.6 Å². The van der Waals surface area contributed by atoms with E-state index in [1.54, 1.807) is 24.4 Å². The maximum Gasteiger partial charge on any atom is 0.279 e. The van der Waals surface area contributed by atoms with E-state index < -0.39 is 35.1 Å². The number of benzene rings is 1. The first-order chi connectivity index (χ1) is 18.2. The molecule has 3 fully saturated rings. The van der Waals surface area contributed by atoms with E-state index in [0.717, 1.165) is 35.6 Å². The van der Waals surface area contributed by atoms with Crippen molar-refractivity contribution in [2.24, 2.45) is 5.92 Å². The summed E-state index contributed by atoms with van der Waals surface area (Å²) >= 11 is 0. The monoisotopic (exact) mass is 553 g/mol. The molecule has 208 valence electrons. The summed E-state index contributed by atoms with van der Waals surface area (Å²) in [6, 6.07) is 9.96. The van der Waals surface area contributed by atoms with Gasteiger partial charge in [0.25, 0.3) is 16.1 Å². The van der Waals surface area contributed by atoms with Crippen molar-refractivity contribution in [3.05, 3.63) is 54.0 Å². The highest BCUT2D eigenvalue weighted by Gasteiger charge is 2.44. The zero-order valence-corrected chi connectivity index (χ0v) is 22.0. The number of halogens is 3. The lowest BCUT2D eigenvalue weighted by Crippen LogP contribution is -2.55. The van der Waals surface area contributed by atoms with E-state index in [4.69, 9.17) is 4.74 Å². The van der Waals surface area contributed by atoms with Gasteiger partial charge in [-0.2, -0.15) is 22.5 Å². The highest BCUT2D eigenvalue weighted by atomic mass is 32.2. The number of anilines is 1. The summed E-state index contributed by atoms with van der Waals surface area (Å²) in [5.41, 5.74) is 1.01. The third-order valence-electron chi connectivity index (χ3n) is 7.93. The van der Waals surface area contributed by atoms with Gasteiger partial charge in [0.05, 0.1) is 19.3 Å². The number of ether oxygens (including phenoxy) is 1. The van der Waals surface area contributed by atoms with Crippen LogP contribution >= 0.6 is 0 Å². The highest BCUT2D eigenvalue weighted by Crippen LogP contribution is 2.35. The molecule has 5 rings (SSSR count). The summed E-state index contributed by atoms with van der Waals surface area (Å²) in [6.07, 6.45) is 5.10. The highest BCUT2D eigenvalue weighted by molar-refractivity contribution is 7.87. The Morgan fingerprint density at radius 2 is 1.89 bits per heavy atom. The van der Waals surface area contributed by atoms with Gasteiger partial charge in [-0.25, -0.2) is 13.2 Å². The molecule has 38 heavy (non-hydrogen) atoms. The van der Waals surface area contributed by atoms with Crippen LogP contribution in [-0.4, -0.2) is 73.8 Å². The maximum absolute atomic E-state index is 13.7. The van der Waals surface area contributed by atoms with E-state index in [1.807, 2.05) is 12.1 Å². The number of aromatic nitrogens is 2. The Morgan fingerprint density at radius 3 is 2.58 bits per heavy atom. The number of nitrogens with zero attached hydrogens (tertiary/aromatic N) is 4. The Hall–Kier alpha value is -2.28. The summed E-state index contributed by atoms with van der Waals surface area (Å²) in [7, 11) is -4.06. The standard InChI is InChI=1S/C26H34F3N5O3S/c27-22-4-1-3-20(15-22)19-6-8-23(9-7-19)37-17-21-16-33(25-5-2-12-30-31-25)13-10-24(21)32-38(35,36)34-14-11-26(28,29)18-34/h1-5,12,15,19,21,23-24,32H,6-11,13-14,16-18H2/t19-,21-,23+,24-/m0/s1. The number of rotatable bonds is 8. The first-order valence-electron chi connectivity index (χ1n) is 13.2. The molecule has 12 heteroatoms. The van der Waals surface area contributed by atoms with E-state index in [1.165, 1.54) is 6.07 Å². The second-order valence-electron chi connectivity index (χ2n) is 10.6. The number of nitrogens with one attached hydrogen (secondary N) is 1. The molecule has 0 bridgehead atoms. The second-order valence-corrected chi connectivity index (χ2v) is 12.3. The van der Waals surface area contributed by atoms with Gasteiger partial charge in [-0.3, -0.25) is 0 Å². The average Bonchev–Trinajstić information content (AvgIpc) is 3.29. The number of hydrogen-bond acceptors (Lipinski definition) is 6. The Balaban J connectivity index is 1.22. The molecule has 2 aliphatic heterocycles. The van der Waals surface area contributed by atoms with Crippen molar-refractivity contribution in [1.82, 2.24) is 19.2 Å². The molecule has 3 heterocycles. The van der Waals surface area contributed by atoms with Crippen LogP contribution in [0.5, 0.6) is 0 Å². The van der Waals surface area contributed by atoms with Gasteiger partial charge in [0.1, 0.15) is 5.82 Å². The average molecular weight is 554 g/mol. The lowest BCUT2D eigenvalue weighted by Gasteiger charge is -2.40. The van der Waals surface area contributed by atoms with Crippen molar-refractivity contribution in [1.29, 1.82) is 0 Å².